The second-order valence-corrected chi connectivity index (χ2v) is 6.40. The molecule has 0 unspecified atom stereocenters. The Hall–Kier alpha value is -2.04. The van der Waals surface area contributed by atoms with Crippen molar-refractivity contribution in [1.82, 2.24) is 0 Å². The molecule has 1 aliphatic rings. The molecule has 4 N–H and O–H groups in total. The lowest BCUT2D eigenvalue weighted by Crippen LogP contribution is -2.21. The minimum absolute atomic E-state index is 0.0183. The molecule has 5 heteroatoms. The van der Waals surface area contributed by atoms with Crippen LogP contribution in [-0.2, 0) is 4.79 Å². The molecule has 5 nitrogen and oxygen atoms in total. The Kier molecular flexibility index (Phi) is 3.24. The minimum atomic E-state index is -0.0460. The number of anilines is 1. The monoisotopic (exact) mass is 275 g/mol. The number of nitrogens with one attached hydrogen (secondary N) is 1. The number of para-hydroxylation sites is 1. The minimum Gasteiger partial charge on any atom is -0.409 e. The molecule has 0 saturated heterocycles. The summed E-state index contributed by atoms with van der Waals surface area (Å²) in [5, 5.41) is 14.7. The van der Waals surface area contributed by atoms with Gasteiger partial charge in [0.05, 0.1) is 5.69 Å². The molecule has 0 aromatic heterocycles. The SMILES string of the molecule is CC1(C)C(C(=O)Nc2ccccc2C(N)=NO)C1(C)C. The lowest BCUT2D eigenvalue weighted by atomic mass is 10.0. The normalized spacial score (nSPS) is 20.5. The number of hydrogen-bond donors (Lipinski definition) is 3. The molecular weight excluding hydrogens is 254 g/mol. The van der Waals surface area contributed by atoms with Crippen molar-refractivity contribution < 1.29 is 10.0 Å². The molecule has 0 bridgehead atoms. The molecule has 0 spiro atoms. The Labute approximate surface area is 118 Å². The van der Waals surface area contributed by atoms with Gasteiger partial charge in [0.2, 0.25) is 5.91 Å². The van der Waals surface area contributed by atoms with Crippen LogP contribution in [0.5, 0.6) is 0 Å². The quantitative estimate of drug-likeness (QED) is 0.342. The van der Waals surface area contributed by atoms with E-state index in [2.05, 4.69) is 38.2 Å². The van der Waals surface area contributed by atoms with Crippen LogP contribution in [0.25, 0.3) is 0 Å². The maximum absolute atomic E-state index is 12.4. The molecule has 2 rings (SSSR count). The summed E-state index contributed by atoms with van der Waals surface area (Å²) in [7, 11) is 0. The third kappa shape index (κ3) is 2.03. The van der Waals surface area contributed by atoms with E-state index in [1.807, 2.05) is 0 Å². The zero-order chi connectivity index (χ0) is 15.1. The van der Waals surface area contributed by atoms with Gasteiger partial charge in [-0.15, -0.1) is 0 Å². The number of oxime groups is 1. The van der Waals surface area contributed by atoms with E-state index in [0.29, 0.717) is 11.3 Å². The largest absolute Gasteiger partial charge is 0.409 e. The summed E-state index contributed by atoms with van der Waals surface area (Å²) in [5.74, 6) is -0.0937. The van der Waals surface area contributed by atoms with Crippen LogP contribution < -0.4 is 11.1 Å². The van der Waals surface area contributed by atoms with Crippen molar-refractivity contribution in [2.24, 2.45) is 27.6 Å². The van der Waals surface area contributed by atoms with Crippen molar-refractivity contribution in [3.63, 3.8) is 0 Å². The van der Waals surface area contributed by atoms with Gasteiger partial charge in [0.15, 0.2) is 5.84 Å². The molecule has 1 saturated carbocycles. The van der Waals surface area contributed by atoms with Crippen molar-refractivity contribution in [2.75, 3.05) is 5.32 Å². The average molecular weight is 275 g/mol. The summed E-state index contributed by atoms with van der Waals surface area (Å²) in [4.78, 5) is 12.4. The summed E-state index contributed by atoms with van der Waals surface area (Å²) in [6.07, 6.45) is 0. The van der Waals surface area contributed by atoms with Crippen molar-refractivity contribution in [3.8, 4) is 0 Å². The van der Waals surface area contributed by atoms with Gasteiger partial charge >= 0.3 is 0 Å². The van der Waals surface area contributed by atoms with E-state index in [0.717, 1.165) is 0 Å². The number of rotatable bonds is 3. The van der Waals surface area contributed by atoms with Gasteiger partial charge in [-0.05, 0) is 23.0 Å². The highest BCUT2D eigenvalue weighted by atomic mass is 16.4. The Balaban J connectivity index is 2.23. The highest BCUT2D eigenvalue weighted by Gasteiger charge is 2.68. The summed E-state index contributed by atoms with van der Waals surface area (Å²) in [6, 6.07) is 7.02. The van der Waals surface area contributed by atoms with Crippen LogP contribution in [0.4, 0.5) is 5.69 Å². The number of amidine groups is 1. The lowest BCUT2D eigenvalue weighted by molar-refractivity contribution is -0.118. The van der Waals surface area contributed by atoms with E-state index < -0.39 is 0 Å². The first-order chi connectivity index (χ1) is 9.23. The first-order valence-corrected chi connectivity index (χ1v) is 6.61. The highest BCUT2D eigenvalue weighted by molar-refractivity contribution is 6.06. The van der Waals surface area contributed by atoms with E-state index in [-0.39, 0.29) is 28.5 Å². The van der Waals surface area contributed by atoms with Gasteiger partial charge in [-0.25, -0.2) is 0 Å². The second-order valence-electron chi connectivity index (χ2n) is 6.40. The third-order valence-electron chi connectivity index (χ3n) is 4.85. The fourth-order valence-electron chi connectivity index (χ4n) is 2.93. The molecule has 0 heterocycles. The molecule has 1 amide bonds. The number of benzene rings is 1. The van der Waals surface area contributed by atoms with E-state index in [1.54, 1.807) is 24.3 Å². The van der Waals surface area contributed by atoms with E-state index in [9.17, 15) is 4.79 Å². The molecular formula is C15H21N3O2. The van der Waals surface area contributed by atoms with Crippen LogP contribution in [0, 0.1) is 16.7 Å². The maximum atomic E-state index is 12.4. The number of amides is 1. The van der Waals surface area contributed by atoms with Gasteiger partial charge < -0.3 is 16.3 Å². The van der Waals surface area contributed by atoms with E-state index >= 15 is 0 Å². The Bertz CT molecular complexity index is 562. The predicted octanol–water partition coefficient (Wildman–Crippen LogP) is 2.40. The molecule has 1 aromatic rings. The summed E-state index contributed by atoms with van der Waals surface area (Å²) in [5.41, 5.74) is 6.64. The smallest absolute Gasteiger partial charge is 0.228 e. The maximum Gasteiger partial charge on any atom is 0.228 e. The van der Waals surface area contributed by atoms with Crippen molar-refractivity contribution in [3.05, 3.63) is 29.8 Å². The molecule has 0 aliphatic heterocycles. The summed E-state index contributed by atoms with van der Waals surface area (Å²) >= 11 is 0. The number of nitrogens with zero attached hydrogens (tertiary/aromatic N) is 1. The molecule has 1 fully saturated rings. The van der Waals surface area contributed by atoms with Gasteiger partial charge in [-0.1, -0.05) is 45.0 Å². The predicted molar refractivity (Wildman–Crippen MR) is 78.6 cm³/mol. The standard InChI is InChI=1S/C15H21N3O2/c1-14(2)11(15(14,3)4)13(19)17-10-8-6-5-7-9(10)12(16)18-20/h5-8,11,20H,1-4H3,(H2,16,18)(H,17,19). The van der Waals surface area contributed by atoms with Crippen molar-refractivity contribution in [2.45, 2.75) is 27.7 Å². The number of nitrogens with two attached hydrogens (primary N) is 1. The highest BCUT2D eigenvalue weighted by Crippen LogP contribution is 2.68. The first kappa shape index (κ1) is 14.4. The zero-order valence-corrected chi connectivity index (χ0v) is 12.3. The summed E-state index contributed by atoms with van der Waals surface area (Å²) in [6.45, 7) is 8.36. The van der Waals surface area contributed by atoms with Crippen molar-refractivity contribution >= 4 is 17.4 Å². The number of hydrogen-bond acceptors (Lipinski definition) is 3. The van der Waals surface area contributed by atoms with Crippen LogP contribution in [0.15, 0.2) is 29.4 Å². The van der Waals surface area contributed by atoms with Crippen LogP contribution in [0.1, 0.15) is 33.3 Å². The Morgan fingerprint density at radius 1 is 1.25 bits per heavy atom. The van der Waals surface area contributed by atoms with Crippen LogP contribution in [0.3, 0.4) is 0 Å². The van der Waals surface area contributed by atoms with Gasteiger partial charge in [-0.2, -0.15) is 0 Å². The van der Waals surface area contributed by atoms with Gasteiger partial charge in [0, 0.05) is 11.5 Å². The lowest BCUT2D eigenvalue weighted by Gasteiger charge is -2.10. The topological polar surface area (TPSA) is 87.7 Å². The van der Waals surface area contributed by atoms with E-state index in [4.69, 9.17) is 10.9 Å². The van der Waals surface area contributed by atoms with Crippen LogP contribution >= 0.6 is 0 Å². The fraction of sp³-hybridized carbons (Fsp3) is 0.467. The average Bonchev–Trinajstić information content (AvgIpc) is 2.79. The van der Waals surface area contributed by atoms with Gasteiger partial charge in [-0.3, -0.25) is 4.79 Å². The summed E-state index contributed by atoms with van der Waals surface area (Å²) < 4.78 is 0. The third-order valence-corrected chi connectivity index (χ3v) is 4.85. The Morgan fingerprint density at radius 2 is 1.80 bits per heavy atom. The second kappa shape index (κ2) is 4.51. The van der Waals surface area contributed by atoms with E-state index in [1.165, 1.54) is 0 Å². The molecule has 20 heavy (non-hydrogen) atoms. The van der Waals surface area contributed by atoms with Crippen LogP contribution in [0.2, 0.25) is 0 Å². The number of carbonyl (C=O) groups excluding carboxylic acids is 1. The molecule has 0 atom stereocenters. The molecule has 0 radical (unpaired) electrons. The Morgan fingerprint density at radius 3 is 2.30 bits per heavy atom. The van der Waals surface area contributed by atoms with Gasteiger partial charge in [0.1, 0.15) is 0 Å². The van der Waals surface area contributed by atoms with Crippen LogP contribution in [-0.4, -0.2) is 17.0 Å². The molecule has 1 aromatic carbocycles. The first-order valence-electron chi connectivity index (χ1n) is 6.61. The number of carbonyl (C=O) groups is 1. The zero-order valence-electron chi connectivity index (χ0n) is 12.3. The fourth-order valence-corrected chi connectivity index (χ4v) is 2.93. The molecule has 1 aliphatic carbocycles. The molecule has 108 valence electrons. The van der Waals surface area contributed by atoms with Gasteiger partial charge in [0.25, 0.3) is 0 Å². The van der Waals surface area contributed by atoms with Crippen molar-refractivity contribution in [1.29, 1.82) is 0 Å².